The van der Waals surface area contributed by atoms with Gasteiger partial charge >= 0.3 is 0 Å². The van der Waals surface area contributed by atoms with E-state index in [1.165, 1.54) is 29.6 Å². The molecule has 22 heavy (non-hydrogen) atoms. The molecule has 1 aromatic rings. The Morgan fingerprint density at radius 1 is 1.45 bits per heavy atom. The van der Waals surface area contributed by atoms with Crippen molar-refractivity contribution in [3.63, 3.8) is 0 Å². The van der Waals surface area contributed by atoms with Crippen LogP contribution in [0.5, 0.6) is 5.75 Å². The molecule has 0 aromatic heterocycles. The van der Waals surface area contributed by atoms with Crippen molar-refractivity contribution in [1.82, 2.24) is 9.62 Å². The van der Waals surface area contributed by atoms with E-state index in [0.717, 1.165) is 0 Å². The van der Waals surface area contributed by atoms with Crippen LogP contribution in [0, 0.1) is 0 Å². The Morgan fingerprint density at radius 2 is 2.14 bits per heavy atom. The molecular formula is C13H20ClN3O4S. The van der Waals surface area contributed by atoms with E-state index in [4.69, 9.17) is 10.5 Å². The number of methoxy groups -OCH3 is 1. The Morgan fingerprint density at radius 3 is 2.68 bits per heavy atom. The van der Waals surface area contributed by atoms with Crippen LogP contribution in [0.3, 0.4) is 0 Å². The quantitative estimate of drug-likeness (QED) is 0.808. The summed E-state index contributed by atoms with van der Waals surface area (Å²) < 4.78 is 31.6. The van der Waals surface area contributed by atoms with Crippen LogP contribution in [0.15, 0.2) is 23.1 Å². The lowest BCUT2D eigenvalue weighted by Gasteiger charge is -2.31. The highest BCUT2D eigenvalue weighted by Crippen LogP contribution is 2.24. The molecule has 1 amide bonds. The highest BCUT2D eigenvalue weighted by atomic mass is 35.5. The van der Waals surface area contributed by atoms with Crippen molar-refractivity contribution < 1.29 is 17.9 Å². The number of benzene rings is 1. The number of nitrogens with two attached hydrogens (primary N) is 1. The molecule has 2 rings (SSSR count). The van der Waals surface area contributed by atoms with E-state index >= 15 is 0 Å². The normalized spacial score (nSPS) is 19.3. The fourth-order valence-corrected chi connectivity index (χ4v) is 3.86. The fraction of sp³-hybridized carbons (Fsp3) is 0.462. The zero-order chi connectivity index (χ0) is 15.6. The number of nitrogens with zero attached hydrogens (tertiary/aromatic N) is 1. The summed E-state index contributed by atoms with van der Waals surface area (Å²) in [7, 11) is -2.25. The van der Waals surface area contributed by atoms with Gasteiger partial charge in [-0.15, -0.1) is 12.4 Å². The van der Waals surface area contributed by atoms with Crippen LogP contribution in [0.4, 0.5) is 0 Å². The van der Waals surface area contributed by atoms with Crippen molar-refractivity contribution in [2.45, 2.75) is 17.9 Å². The molecular weight excluding hydrogens is 330 g/mol. The van der Waals surface area contributed by atoms with Gasteiger partial charge in [0.05, 0.1) is 17.6 Å². The SMILES string of the molecule is COc1ccc(S(=O)(=O)N2CCNC(C)C2)cc1C(N)=O.Cl. The topological polar surface area (TPSA) is 102 Å². The first kappa shape index (κ1) is 18.7. The van der Waals surface area contributed by atoms with Gasteiger partial charge in [0.1, 0.15) is 5.75 Å². The number of hydrogen-bond acceptors (Lipinski definition) is 5. The van der Waals surface area contributed by atoms with Crippen molar-refractivity contribution in [3.8, 4) is 5.75 Å². The molecule has 0 saturated carbocycles. The van der Waals surface area contributed by atoms with Gasteiger partial charge < -0.3 is 15.8 Å². The molecule has 124 valence electrons. The van der Waals surface area contributed by atoms with E-state index in [2.05, 4.69) is 5.32 Å². The number of primary amides is 1. The molecule has 3 N–H and O–H groups in total. The van der Waals surface area contributed by atoms with Crippen molar-refractivity contribution in [2.24, 2.45) is 5.73 Å². The number of halogens is 1. The summed E-state index contributed by atoms with van der Waals surface area (Å²) in [4.78, 5) is 11.5. The maximum atomic E-state index is 12.6. The van der Waals surface area contributed by atoms with Crippen molar-refractivity contribution in [3.05, 3.63) is 23.8 Å². The minimum Gasteiger partial charge on any atom is -0.496 e. The van der Waals surface area contributed by atoms with E-state index in [9.17, 15) is 13.2 Å². The molecule has 1 fully saturated rings. The number of carbonyl (C=O) groups excluding carboxylic acids is 1. The Bertz CT molecular complexity index is 651. The van der Waals surface area contributed by atoms with Gasteiger partial charge in [0, 0.05) is 25.7 Å². The summed E-state index contributed by atoms with van der Waals surface area (Å²) in [6.45, 7) is 3.30. The highest BCUT2D eigenvalue weighted by Gasteiger charge is 2.29. The number of ether oxygens (including phenoxy) is 1. The van der Waals surface area contributed by atoms with Crippen LogP contribution >= 0.6 is 12.4 Å². The number of sulfonamides is 1. The largest absolute Gasteiger partial charge is 0.496 e. The second-order valence-corrected chi connectivity index (χ2v) is 6.88. The van der Waals surface area contributed by atoms with Gasteiger partial charge in [-0.2, -0.15) is 4.31 Å². The summed E-state index contributed by atoms with van der Waals surface area (Å²) in [6.07, 6.45) is 0. The summed E-state index contributed by atoms with van der Waals surface area (Å²) in [5, 5.41) is 3.18. The predicted molar refractivity (Wildman–Crippen MR) is 85.0 cm³/mol. The van der Waals surface area contributed by atoms with Crippen LogP contribution in [-0.2, 0) is 10.0 Å². The fourth-order valence-electron chi connectivity index (χ4n) is 2.30. The maximum absolute atomic E-state index is 12.6. The lowest BCUT2D eigenvalue weighted by Crippen LogP contribution is -2.51. The van der Waals surface area contributed by atoms with Crippen molar-refractivity contribution >= 4 is 28.3 Å². The first-order valence-corrected chi connectivity index (χ1v) is 8.01. The van der Waals surface area contributed by atoms with Crippen LogP contribution in [0.1, 0.15) is 17.3 Å². The minimum absolute atomic E-state index is 0. The number of amides is 1. The summed E-state index contributed by atoms with van der Waals surface area (Å²) in [5.74, 6) is -0.465. The molecule has 0 bridgehead atoms. The zero-order valence-corrected chi connectivity index (χ0v) is 14.0. The van der Waals surface area contributed by atoms with Crippen LogP contribution in [0.25, 0.3) is 0 Å². The average molecular weight is 350 g/mol. The maximum Gasteiger partial charge on any atom is 0.252 e. The summed E-state index contributed by atoms with van der Waals surface area (Å²) >= 11 is 0. The zero-order valence-electron chi connectivity index (χ0n) is 12.4. The van der Waals surface area contributed by atoms with Gasteiger partial charge in [-0.25, -0.2) is 8.42 Å². The summed E-state index contributed by atoms with van der Waals surface area (Å²) in [6, 6.07) is 4.22. The number of carbonyl (C=O) groups is 1. The molecule has 1 aliphatic rings. The second-order valence-electron chi connectivity index (χ2n) is 4.94. The van der Waals surface area contributed by atoms with E-state index in [1.807, 2.05) is 6.92 Å². The van der Waals surface area contributed by atoms with Gasteiger partial charge in [0.2, 0.25) is 10.0 Å². The molecule has 1 unspecified atom stereocenters. The van der Waals surface area contributed by atoms with Gasteiger partial charge in [-0.3, -0.25) is 4.79 Å². The van der Waals surface area contributed by atoms with Gasteiger partial charge in [0.15, 0.2) is 0 Å². The Hall–Kier alpha value is -1.35. The highest BCUT2D eigenvalue weighted by molar-refractivity contribution is 7.89. The molecule has 0 radical (unpaired) electrons. The number of nitrogens with one attached hydrogen (secondary N) is 1. The van der Waals surface area contributed by atoms with Crippen LogP contribution in [0.2, 0.25) is 0 Å². The monoisotopic (exact) mass is 349 g/mol. The molecule has 9 heteroatoms. The molecule has 0 spiro atoms. The minimum atomic E-state index is -3.65. The van der Waals surface area contributed by atoms with Gasteiger partial charge in [-0.05, 0) is 25.1 Å². The van der Waals surface area contributed by atoms with E-state index in [0.29, 0.717) is 19.6 Å². The lowest BCUT2D eigenvalue weighted by atomic mass is 10.2. The first-order valence-electron chi connectivity index (χ1n) is 6.57. The van der Waals surface area contributed by atoms with Crippen LogP contribution < -0.4 is 15.8 Å². The van der Waals surface area contributed by atoms with Crippen LogP contribution in [-0.4, -0.2) is 51.4 Å². The van der Waals surface area contributed by atoms with E-state index in [1.54, 1.807) is 0 Å². The van der Waals surface area contributed by atoms with Crippen molar-refractivity contribution in [2.75, 3.05) is 26.7 Å². The number of rotatable bonds is 4. The Kier molecular flexibility index (Phi) is 6.18. The molecule has 1 saturated heterocycles. The van der Waals surface area contributed by atoms with E-state index < -0.39 is 15.9 Å². The Balaban J connectivity index is 0.00000242. The van der Waals surface area contributed by atoms with Gasteiger partial charge in [0.25, 0.3) is 5.91 Å². The van der Waals surface area contributed by atoms with Gasteiger partial charge in [-0.1, -0.05) is 0 Å². The average Bonchev–Trinajstić information content (AvgIpc) is 2.46. The third-order valence-electron chi connectivity index (χ3n) is 3.41. The first-order chi connectivity index (χ1) is 9.86. The molecule has 1 heterocycles. The number of hydrogen-bond donors (Lipinski definition) is 2. The van der Waals surface area contributed by atoms with E-state index in [-0.39, 0.29) is 34.7 Å². The molecule has 7 nitrogen and oxygen atoms in total. The molecule has 1 aromatic carbocycles. The van der Waals surface area contributed by atoms with Crippen molar-refractivity contribution in [1.29, 1.82) is 0 Å². The molecule has 1 aliphatic heterocycles. The Labute approximate surface area is 136 Å². The third kappa shape index (κ3) is 3.70. The molecule has 0 aliphatic carbocycles. The second kappa shape index (κ2) is 7.28. The standard InChI is InChI=1S/C13H19N3O4S.ClH/c1-9-8-16(6-5-15-9)21(18,19)10-3-4-12(20-2)11(7-10)13(14)17;/h3-4,7,9,15H,5-6,8H2,1-2H3,(H2,14,17);1H. The summed E-state index contributed by atoms with van der Waals surface area (Å²) in [5.41, 5.74) is 5.32. The third-order valence-corrected chi connectivity index (χ3v) is 5.27. The molecule has 1 atom stereocenters. The smallest absolute Gasteiger partial charge is 0.252 e. The lowest BCUT2D eigenvalue weighted by molar-refractivity contribution is 0.0997. The predicted octanol–water partition coefficient (Wildman–Crippen LogP) is 0.198. The number of piperazine rings is 1.